The van der Waals surface area contributed by atoms with Gasteiger partial charge < -0.3 is 14.4 Å². The van der Waals surface area contributed by atoms with E-state index in [0.29, 0.717) is 25.6 Å². The summed E-state index contributed by atoms with van der Waals surface area (Å²) in [6.45, 7) is 3.87. The molecule has 0 atom stereocenters. The molecule has 0 bridgehead atoms. The van der Waals surface area contributed by atoms with Crippen molar-refractivity contribution in [2.45, 2.75) is 38.5 Å². The fourth-order valence-electron chi connectivity index (χ4n) is 3.05. The van der Waals surface area contributed by atoms with Crippen LogP contribution in [0, 0.1) is 5.92 Å². The Morgan fingerprint density at radius 1 is 1.24 bits per heavy atom. The lowest BCUT2D eigenvalue weighted by molar-refractivity contribution is -0.137. The van der Waals surface area contributed by atoms with Crippen LogP contribution in [0.4, 0.5) is 0 Å². The van der Waals surface area contributed by atoms with E-state index < -0.39 is 0 Å². The smallest absolute Gasteiger partial charge is 0.222 e. The number of piperidine rings is 1. The van der Waals surface area contributed by atoms with E-state index in [4.69, 9.17) is 9.47 Å². The van der Waals surface area contributed by atoms with Crippen molar-refractivity contribution >= 4 is 5.91 Å². The lowest BCUT2D eigenvalue weighted by Crippen LogP contribution is -2.41. The Morgan fingerprint density at radius 2 is 2.00 bits per heavy atom. The Bertz CT molecular complexity index is 435. The molecule has 0 spiro atoms. The number of aromatic nitrogens is 2. The average Bonchev–Trinajstić information content (AvgIpc) is 3.21. The molecule has 0 N–H and O–H groups in total. The topological polar surface area (TPSA) is 56.6 Å². The summed E-state index contributed by atoms with van der Waals surface area (Å²) in [6.07, 6.45) is 7.06. The minimum atomic E-state index is -0.0398. The van der Waals surface area contributed by atoms with Gasteiger partial charge in [0.15, 0.2) is 6.29 Å². The second-order valence-corrected chi connectivity index (χ2v) is 5.70. The molecule has 2 saturated heterocycles. The van der Waals surface area contributed by atoms with Crippen LogP contribution in [-0.2, 0) is 20.8 Å². The number of ether oxygens (including phenoxy) is 2. The standard InChI is InChI=1S/C15H23N3O3/c19-14(3-1-7-18-8-2-6-16-18)17-9-4-13(5-10-17)15-20-11-12-21-15/h2,6,8,13,15H,1,3-5,7,9-12H2. The van der Waals surface area contributed by atoms with Crippen LogP contribution in [0.5, 0.6) is 0 Å². The zero-order valence-corrected chi connectivity index (χ0v) is 12.3. The Morgan fingerprint density at radius 3 is 2.67 bits per heavy atom. The summed E-state index contributed by atoms with van der Waals surface area (Å²) < 4.78 is 13.0. The van der Waals surface area contributed by atoms with Crippen molar-refractivity contribution in [2.24, 2.45) is 5.92 Å². The van der Waals surface area contributed by atoms with Gasteiger partial charge in [0, 0.05) is 44.4 Å². The number of amides is 1. The zero-order chi connectivity index (χ0) is 14.5. The summed E-state index contributed by atoms with van der Waals surface area (Å²) in [5, 5.41) is 4.14. The Labute approximate surface area is 125 Å². The van der Waals surface area contributed by atoms with E-state index >= 15 is 0 Å². The van der Waals surface area contributed by atoms with Crippen molar-refractivity contribution in [1.29, 1.82) is 0 Å². The number of hydrogen-bond acceptors (Lipinski definition) is 4. The predicted molar refractivity (Wildman–Crippen MR) is 76.5 cm³/mol. The summed E-state index contributed by atoms with van der Waals surface area (Å²) >= 11 is 0. The van der Waals surface area contributed by atoms with E-state index in [0.717, 1.165) is 38.9 Å². The molecule has 0 aliphatic carbocycles. The number of carbonyl (C=O) groups is 1. The normalized spacial score (nSPS) is 21.0. The highest BCUT2D eigenvalue weighted by molar-refractivity contribution is 5.76. The average molecular weight is 293 g/mol. The first-order valence-electron chi connectivity index (χ1n) is 7.81. The lowest BCUT2D eigenvalue weighted by atomic mass is 9.96. The molecule has 6 nitrogen and oxygen atoms in total. The van der Waals surface area contributed by atoms with Crippen molar-refractivity contribution in [3.8, 4) is 0 Å². The molecular formula is C15H23N3O3. The van der Waals surface area contributed by atoms with Crippen LogP contribution in [0.2, 0.25) is 0 Å². The van der Waals surface area contributed by atoms with Gasteiger partial charge in [0.05, 0.1) is 13.2 Å². The molecule has 6 heteroatoms. The van der Waals surface area contributed by atoms with Crippen molar-refractivity contribution in [1.82, 2.24) is 14.7 Å². The summed E-state index contributed by atoms with van der Waals surface area (Å²) in [5.74, 6) is 0.703. The van der Waals surface area contributed by atoms with Gasteiger partial charge in [-0.25, -0.2) is 0 Å². The highest BCUT2D eigenvalue weighted by Gasteiger charge is 2.31. The van der Waals surface area contributed by atoms with Crippen LogP contribution in [0.1, 0.15) is 25.7 Å². The SMILES string of the molecule is O=C(CCCn1cccn1)N1CCC(C2OCCO2)CC1. The van der Waals surface area contributed by atoms with E-state index in [1.807, 2.05) is 21.8 Å². The highest BCUT2D eigenvalue weighted by Crippen LogP contribution is 2.26. The molecule has 0 unspecified atom stereocenters. The third-order valence-electron chi connectivity index (χ3n) is 4.26. The molecule has 116 valence electrons. The number of hydrogen-bond donors (Lipinski definition) is 0. The summed E-state index contributed by atoms with van der Waals surface area (Å²) in [5.41, 5.74) is 0. The van der Waals surface area contributed by atoms with E-state index in [1.165, 1.54) is 0 Å². The molecular weight excluding hydrogens is 270 g/mol. The number of likely N-dealkylation sites (tertiary alicyclic amines) is 1. The Kier molecular flexibility index (Phi) is 4.87. The summed E-state index contributed by atoms with van der Waals surface area (Å²) in [4.78, 5) is 14.2. The van der Waals surface area contributed by atoms with E-state index in [1.54, 1.807) is 6.20 Å². The highest BCUT2D eigenvalue weighted by atomic mass is 16.7. The van der Waals surface area contributed by atoms with Gasteiger partial charge in [0.1, 0.15) is 0 Å². The molecule has 2 aliphatic rings. The van der Waals surface area contributed by atoms with Gasteiger partial charge in [0.25, 0.3) is 0 Å². The van der Waals surface area contributed by atoms with Crippen molar-refractivity contribution in [3.63, 3.8) is 0 Å². The Balaban J connectivity index is 1.36. The van der Waals surface area contributed by atoms with Crippen LogP contribution in [-0.4, -0.2) is 53.2 Å². The summed E-state index contributed by atoms with van der Waals surface area (Å²) in [6, 6.07) is 1.90. The monoisotopic (exact) mass is 293 g/mol. The van der Waals surface area contributed by atoms with Gasteiger partial charge >= 0.3 is 0 Å². The molecule has 1 aromatic rings. The molecule has 3 rings (SSSR count). The molecule has 3 heterocycles. The van der Waals surface area contributed by atoms with Gasteiger partial charge in [-0.05, 0) is 25.3 Å². The first kappa shape index (κ1) is 14.5. The van der Waals surface area contributed by atoms with Crippen molar-refractivity contribution < 1.29 is 14.3 Å². The first-order chi connectivity index (χ1) is 10.3. The maximum atomic E-state index is 12.2. The molecule has 0 saturated carbocycles. The van der Waals surface area contributed by atoms with E-state index in [9.17, 15) is 4.79 Å². The Hall–Kier alpha value is -1.40. The number of rotatable bonds is 5. The van der Waals surface area contributed by atoms with Gasteiger partial charge in [-0.15, -0.1) is 0 Å². The minimum absolute atomic E-state index is 0.0398. The quantitative estimate of drug-likeness (QED) is 0.820. The lowest BCUT2D eigenvalue weighted by Gasteiger charge is -2.33. The first-order valence-corrected chi connectivity index (χ1v) is 7.81. The minimum Gasteiger partial charge on any atom is -0.350 e. The largest absolute Gasteiger partial charge is 0.350 e. The van der Waals surface area contributed by atoms with Crippen LogP contribution in [0.3, 0.4) is 0 Å². The van der Waals surface area contributed by atoms with Crippen LogP contribution >= 0.6 is 0 Å². The molecule has 2 fully saturated rings. The molecule has 0 aromatic carbocycles. The second-order valence-electron chi connectivity index (χ2n) is 5.70. The maximum Gasteiger partial charge on any atom is 0.222 e. The summed E-state index contributed by atoms with van der Waals surface area (Å²) in [7, 11) is 0. The van der Waals surface area contributed by atoms with E-state index in [-0.39, 0.29) is 12.2 Å². The van der Waals surface area contributed by atoms with Gasteiger partial charge in [-0.1, -0.05) is 0 Å². The van der Waals surface area contributed by atoms with Gasteiger partial charge in [-0.2, -0.15) is 5.10 Å². The van der Waals surface area contributed by atoms with Gasteiger partial charge in [-0.3, -0.25) is 9.48 Å². The van der Waals surface area contributed by atoms with E-state index in [2.05, 4.69) is 5.10 Å². The van der Waals surface area contributed by atoms with Crippen LogP contribution < -0.4 is 0 Å². The zero-order valence-electron chi connectivity index (χ0n) is 12.3. The van der Waals surface area contributed by atoms with Crippen LogP contribution in [0.25, 0.3) is 0 Å². The number of aryl methyl sites for hydroxylation is 1. The fraction of sp³-hybridized carbons (Fsp3) is 0.733. The predicted octanol–water partition coefficient (Wildman–Crippen LogP) is 1.27. The third-order valence-corrected chi connectivity index (χ3v) is 4.26. The second kappa shape index (κ2) is 7.04. The molecule has 0 radical (unpaired) electrons. The number of carbonyl (C=O) groups excluding carboxylic acids is 1. The number of nitrogens with zero attached hydrogens (tertiary/aromatic N) is 3. The van der Waals surface area contributed by atoms with Crippen molar-refractivity contribution in [2.75, 3.05) is 26.3 Å². The molecule has 2 aliphatic heterocycles. The fourth-order valence-corrected chi connectivity index (χ4v) is 3.05. The maximum absolute atomic E-state index is 12.2. The molecule has 1 aromatic heterocycles. The van der Waals surface area contributed by atoms with Gasteiger partial charge in [0.2, 0.25) is 5.91 Å². The van der Waals surface area contributed by atoms with Crippen molar-refractivity contribution in [3.05, 3.63) is 18.5 Å². The van der Waals surface area contributed by atoms with Crippen LogP contribution in [0.15, 0.2) is 18.5 Å². The third kappa shape index (κ3) is 3.83. The molecule has 21 heavy (non-hydrogen) atoms. The molecule has 1 amide bonds.